The molecule has 2 fully saturated rings. The molecule has 2 saturated carbocycles. The molecule has 2 amide bonds. The zero-order valence-electron chi connectivity index (χ0n) is 29.9. The van der Waals surface area contributed by atoms with Crippen molar-refractivity contribution in [1.82, 2.24) is 15.2 Å². The average Bonchev–Trinajstić information content (AvgIpc) is 4.12. The Morgan fingerprint density at radius 1 is 0.944 bits per heavy atom. The number of aromatic nitrogens is 1. The highest BCUT2D eigenvalue weighted by atomic mass is 35.5. The maximum absolute atomic E-state index is 12.9. The molecule has 2 aromatic carbocycles. The number of aryl methyl sites for hydroxylation is 1. The molecular weight excluding hydrogens is 741 g/mol. The van der Waals surface area contributed by atoms with Crippen LogP contribution in [0.2, 0.25) is 10.0 Å². The van der Waals surface area contributed by atoms with E-state index in [9.17, 15) is 30.0 Å². The largest absolute Gasteiger partial charge is 0.490 e. The van der Waals surface area contributed by atoms with Gasteiger partial charge in [-0.15, -0.1) is 0 Å². The number of para-hydroxylation sites is 1. The molecule has 0 saturated heterocycles. The van der Waals surface area contributed by atoms with Gasteiger partial charge in [0, 0.05) is 53.1 Å². The number of aliphatic hydroxyl groups excluding tert-OH is 5. The first-order valence-corrected chi connectivity index (χ1v) is 19.1. The zero-order valence-corrected chi connectivity index (χ0v) is 31.5. The minimum absolute atomic E-state index is 0.0735. The van der Waals surface area contributed by atoms with Crippen molar-refractivity contribution < 1.29 is 49.7 Å². The normalized spacial score (nSPS) is 16.9. The van der Waals surface area contributed by atoms with Crippen molar-refractivity contribution in [1.29, 1.82) is 0 Å². The number of rotatable bonds is 22. The quantitative estimate of drug-likeness (QED) is 0.0710. The van der Waals surface area contributed by atoms with Gasteiger partial charge in [-0.1, -0.05) is 41.4 Å². The molecule has 0 bridgehead atoms. The number of halogens is 2. The molecule has 1 aromatic heterocycles. The number of aliphatic hydroxyl groups is 5. The van der Waals surface area contributed by atoms with E-state index >= 15 is 0 Å². The summed E-state index contributed by atoms with van der Waals surface area (Å²) >= 11 is 13.5. The first-order valence-electron chi connectivity index (χ1n) is 18.3. The number of aliphatic carboxylic acids is 1. The standard InChI is InChI=1S/C39H49Cl2N3O10/c40-30-19-25(23-53-39(13-14-39)29-20-42-16-12-27(29)28-7-1-2-8-34(28)54-26-10-11-26)31(41)18-24(30)6-3-4-17-44(38(52)43-15-5-9-35(48)49)21-32(46)36(50)37(51)33(47)22-45/h1-2,7-8,12,16,18-20,26,32-33,36-37,45-47,50-51H,3-6,9-11,13-15,17,21-23H2,(H,43,52)(H,48,49)/t32-,33+,36+,37+/m0/s1. The fraction of sp³-hybridized carbons (Fsp3) is 0.513. The van der Waals surface area contributed by atoms with Crippen LogP contribution < -0.4 is 10.1 Å². The molecule has 5 rings (SSSR count). The number of hydrogen-bond acceptors (Lipinski definition) is 10. The number of hydrogen-bond donors (Lipinski definition) is 7. The Kier molecular flexibility index (Phi) is 14.9. The number of unbranched alkanes of at least 4 members (excludes halogenated alkanes) is 1. The predicted octanol–water partition coefficient (Wildman–Crippen LogP) is 4.44. The van der Waals surface area contributed by atoms with Crippen LogP contribution >= 0.6 is 23.2 Å². The van der Waals surface area contributed by atoms with Gasteiger partial charge in [0.25, 0.3) is 0 Å². The summed E-state index contributed by atoms with van der Waals surface area (Å²) in [6.45, 7) is -0.782. The van der Waals surface area contributed by atoms with Crippen LogP contribution in [0.25, 0.3) is 11.1 Å². The van der Waals surface area contributed by atoms with Gasteiger partial charge in [-0.3, -0.25) is 9.78 Å². The van der Waals surface area contributed by atoms with Crippen LogP contribution in [0.4, 0.5) is 4.79 Å². The van der Waals surface area contributed by atoms with E-state index in [0.717, 1.165) is 59.3 Å². The maximum atomic E-state index is 12.9. The fourth-order valence-electron chi connectivity index (χ4n) is 6.24. The molecule has 4 atom stereocenters. The van der Waals surface area contributed by atoms with Gasteiger partial charge in [0.15, 0.2) is 0 Å². The minimum Gasteiger partial charge on any atom is -0.490 e. The van der Waals surface area contributed by atoms with Gasteiger partial charge in [-0.05, 0) is 92.3 Å². The number of ether oxygens (including phenoxy) is 2. The lowest BCUT2D eigenvalue weighted by Crippen LogP contribution is -2.52. The number of carboxylic acid groups (broad SMARTS) is 1. The van der Waals surface area contributed by atoms with E-state index < -0.39 is 55.2 Å². The van der Waals surface area contributed by atoms with E-state index in [1.807, 2.05) is 36.5 Å². The van der Waals surface area contributed by atoms with Crippen molar-refractivity contribution in [2.24, 2.45) is 0 Å². The molecule has 15 heteroatoms. The van der Waals surface area contributed by atoms with Gasteiger partial charge >= 0.3 is 12.0 Å². The molecule has 7 N–H and O–H groups in total. The Labute approximate surface area is 324 Å². The zero-order chi connectivity index (χ0) is 38.8. The first-order chi connectivity index (χ1) is 25.9. The van der Waals surface area contributed by atoms with Gasteiger partial charge in [-0.25, -0.2) is 4.79 Å². The summed E-state index contributed by atoms with van der Waals surface area (Å²) in [6, 6.07) is 13.1. The number of amides is 2. The minimum atomic E-state index is -1.85. The molecule has 0 unspecified atom stereocenters. The van der Waals surface area contributed by atoms with Gasteiger partial charge in [0.1, 0.15) is 30.2 Å². The fourth-order valence-corrected chi connectivity index (χ4v) is 6.76. The van der Waals surface area contributed by atoms with Crippen LogP contribution in [0.3, 0.4) is 0 Å². The van der Waals surface area contributed by atoms with E-state index in [1.54, 1.807) is 12.3 Å². The number of carbonyl (C=O) groups is 2. The lowest BCUT2D eigenvalue weighted by atomic mass is 9.96. The molecule has 1 heterocycles. The van der Waals surface area contributed by atoms with Crippen molar-refractivity contribution in [3.8, 4) is 16.9 Å². The third-order valence-electron chi connectivity index (χ3n) is 9.72. The topological polar surface area (TPSA) is 202 Å². The summed E-state index contributed by atoms with van der Waals surface area (Å²) in [5.74, 6) is -0.151. The number of pyridine rings is 1. The molecule has 0 spiro atoms. The molecule has 294 valence electrons. The van der Waals surface area contributed by atoms with Crippen molar-refractivity contribution in [3.63, 3.8) is 0 Å². The third-order valence-corrected chi connectivity index (χ3v) is 10.4. The molecule has 0 radical (unpaired) electrons. The summed E-state index contributed by atoms with van der Waals surface area (Å²) in [7, 11) is 0. The highest BCUT2D eigenvalue weighted by Crippen LogP contribution is 2.53. The first kappa shape index (κ1) is 41.6. The average molecular weight is 791 g/mol. The lowest BCUT2D eigenvalue weighted by molar-refractivity contribution is -0.137. The second-order valence-corrected chi connectivity index (χ2v) is 14.8. The summed E-state index contributed by atoms with van der Waals surface area (Å²) in [6.07, 6.45) is 2.26. The number of benzene rings is 2. The van der Waals surface area contributed by atoms with Crippen LogP contribution in [0.1, 0.15) is 68.1 Å². The van der Waals surface area contributed by atoms with Crippen molar-refractivity contribution in [3.05, 3.63) is 81.6 Å². The maximum Gasteiger partial charge on any atom is 0.317 e. The predicted molar refractivity (Wildman–Crippen MR) is 201 cm³/mol. The Bertz CT molecular complexity index is 1720. The number of carboxylic acids is 1. The molecule has 54 heavy (non-hydrogen) atoms. The Hall–Kier alpha value is -3.53. The van der Waals surface area contributed by atoms with Crippen LogP contribution in [0.5, 0.6) is 5.75 Å². The van der Waals surface area contributed by atoms with Gasteiger partial charge in [-0.2, -0.15) is 0 Å². The van der Waals surface area contributed by atoms with E-state index in [1.165, 1.54) is 4.90 Å². The van der Waals surface area contributed by atoms with E-state index in [0.29, 0.717) is 29.3 Å². The summed E-state index contributed by atoms with van der Waals surface area (Å²) in [5.41, 5.74) is 4.06. The van der Waals surface area contributed by atoms with Crippen molar-refractivity contribution >= 4 is 35.2 Å². The van der Waals surface area contributed by atoms with E-state index in [4.69, 9.17) is 42.9 Å². The van der Waals surface area contributed by atoms with Gasteiger partial charge < -0.3 is 50.3 Å². The lowest BCUT2D eigenvalue weighted by Gasteiger charge is -2.30. The second kappa shape index (κ2) is 19.4. The van der Waals surface area contributed by atoms with E-state index in [2.05, 4.69) is 16.4 Å². The molecule has 3 aromatic rings. The number of carbonyl (C=O) groups excluding carboxylic acids is 1. The summed E-state index contributed by atoms with van der Waals surface area (Å²) in [4.78, 5) is 29.5. The monoisotopic (exact) mass is 789 g/mol. The number of nitrogens with one attached hydrogen (secondary N) is 1. The third kappa shape index (κ3) is 11.3. The van der Waals surface area contributed by atoms with Crippen molar-refractivity contribution in [2.45, 2.75) is 101 Å². The highest BCUT2D eigenvalue weighted by molar-refractivity contribution is 6.34. The van der Waals surface area contributed by atoms with Crippen LogP contribution in [-0.2, 0) is 28.2 Å². The molecule has 13 nitrogen and oxygen atoms in total. The SMILES string of the molecule is O=C(O)CCCNC(=O)N(CCCCc1cc(Cl)c(COC2(c3cnccc3-c3ccccc3OC3CC3)CC2)cc1Cl)C[C@H](O)[C@@H](O)[C@H](O)[C@H](O)CO. The summed E-state index contributed by atoms with van der Waals surface area (Å²) in [5, 5.41) is 62.1. The van der Waals surface area contributed by atoms with Crippen LogP contribution in [0.15, 0.2) is 54.9 Å². The van der Waals surface area contributed by atoms with Gasteiger partial charge in [0.05, 0.1) is 31.5 Å². The molecule has 2 aliphatic carbocycles. The van der Waals surface area contributed by atoms with Crippen LogP contribution in [0, 0.1) is 0 Å². The second-order valence-electron chi connectivity index (χ2n) is 14.0. The van der Waals surface area contributed by atoms with E-state index in [-0.39, 0.29) is 38.6 Å². The number of urea groups is 1. The summed E-state index contributed by atoms with van der Waals surface area (Å²) < 4.78 is 12.8. The molecular formula is C39H49Cl2N3O10. The Balaban J connectivity index is 1.18. The highest BCUT2D eigenvalue weighted by Gasteiger charge is 2.48. The smallest absolute Gasteiger partial charge is 0.317 e. The Morgan fingerprint density at radius 2 is 1.65 bits per heavy atom. The number of nitrogens with zero attached hydrogens (tertiary/aromatic N) is 2. The molecule has 2 aliphatic rings. The van der Waals surface area contributed by atoms with Gasteiger partial charge in [0.2, 0.25) is 0 Å². The van der Waals surface area contributed by atoms with Crippen molar-refractivity contribution in [2.75, 3.05) is 26.2 Å². The molecule has 0 aliphatic heterocycles. The Morgan fingerprint density at radius 3 is 2.35 bits per heavy atom. The van der Waals surface area contributed by atoms with Crippen LogP contribution in [-0.4, -0.2) is 109 Å².